The van der Waals surface area contributed by atoms with Crippen LogP contribution in [0, 0.1) is 5.82 Å². The van der Waals surface area contributed by atoms with E-state index in [-0.39, 0.29) is 5.91 Å². The van der Waals surface area contributed by atoms with Gasteiger partial charge in [-0.05, 0) is 87.3 Å². The number of carbonyl (C=O) groups is 2. The number of rotatable bonds is 7. The van der Waals surface area contributed by atoms with Crippen molar-refractivity contribution in [3.63, 3.8) is 0 Å². The number of amides is 1. The molecule has 196 valence electrons. The molecule has 7 heteroatoms. The summed E-state index contributed by atoms with van der Waals surface area (Å²) in [6.45, 7) is 2.11. The van der Waals surface area contributed by atoms with Gasteiger partial charge in [-0.25, -0.2) is 14.2 Å². The number of esters is 1. The van der Waals surface area contributed by atoms with Gasteiger partial charge in [0.25, 0.3) is 5.91 Å². The Hall–Kier alpha value is -3.51. The summed E-state index contributed by atoms with van der Waals surface area (Å²) in [4.78, 5) is 31.0. The first-order chi connectivity index (χ1) is 18.4. The van der Waals surface area contributed by atoms with Crippen LogP contribution in [0.5, 0.6) is 0 Å². The number of para-hydroxylation sites is 1. The summed E-state index contributed by atoms with van der Waals surface area (Å²) in [6.07, 6.45) is 9.57. The number of nitrogens with one attached hydrogen (secondary N) is 1. The van der Waals surface area contributed by atoms with Gasteiger partial charge in [-0.1, -0.05) is 47.5 Å². The number of hydrogen-bond donors (Lipinski definition) is 1. The molecule has 0 fully saturated rings. The lowest BCUT2D eigenvalue weighted by Gasteiger charge is -2.17. The van der Waals surface area contributed by atoms with Crippen molar-refractivity contribution in [1.82, 2.24) is 10.3 Å². The molecule has 1 N–H and O–H groups in total. The highest BCUT2D eigenvalue weighted by Crippen LogP contribution is 2.39. The monoisotopic (exact) mass is 532 g/mol. The number of halogens is 2. The maximum Gasteiger partial charge on any atom is 0.339 e. The molecule has 0 saturated carbocycles. The van der Waals surface area contributed by atoms with E-state index in [1.165, 1.54) is 24.5 Å². The average molecular weight is 533 g/mol. The van der Waals surface area contributed by atoms with Crippen molar-refractivity contribution in [2.75, 3.05) is 6.54 Å². The minimum Gasteiger partial charge on any atom is -0.449 e. The second-order valence-electron chi connectivity index (χ2n) is 9.83. The lowest BCUT2D eigenvalue weighted by Crippen LogP contribution is -2.36. The van der Waals surface area contributed by atoms with Crippen molar-refractivity contribution < 1.29 is 18.7 Å². The van der Waals surface area contributed by atoms with Gasteiger partial charge in [0, 0.05) is 17.5 Å². The molecular formula is C31H30ClFN2O3. The summed E-state index contributed by atoms with van der Waals surface area (Å²) in [6, 6.07) is 11.9. The number of carbonyl (C=O) groups excluding carboxylic acids is 2. The predicted molar refractivity (Wildman–Crippen MR) is 148 cm³/mol. The number of ether oxygens (including phenoxy) is 1. The van der Waals surface area contributed by atoms with Gasteiger partial charge in [-0.15, -0.1) is 0 Å². The standard InChI is InChI=1S/C31H30ClFN2O3/c1-19(30(36)34-17-16-20-8-3-2-4-9-20)38-31(37)28-22-10-5-6-13-27(22)35-29-21(14-15-23(28)29)18-24-25(32)11-7-12-26(24)33/h5-8,10-13,18-19H,2-4,9,14-17H2,1H3,(H,34,36)/b21-18+/t19-/m0/s1. The Morgan fingerprint density at radius 1 is 1.13 bits per heavy atom. The summed E-state index contributed by atoms with van der Waals surface area (Å²) in [5.74, 6) is -1.30. The van der Waals surface area contributed by atoms with Crippen molar-refractivity contribution >= 4 is 46.0 Å². The van der Waals surface area contributed by atoms with Crippen LogP contribution in [-0.4, -0.2) is 29.5 Å². The van der Waals surface area contributed by atoms with E-state index in [0.717, 1.165) is 30.4 Å². The van der Waals surface area contributed by atoms with Gasteiger partial charge in [0.2, 0.25) is 0 Å². The number of fused-ring (bicyclic) bond motifs is 2. The summed E-state index contributed by atoms with van der Waals surface area (Å²) in [7, 11) is 0. The Balaban J connectivity index is 1.39. The molecule has 0 bridgehead atoms. The fraction of sp³-hybridized carbons (Fsp3) is 0.323. The Morgan fingerprint density at radius 3 is 2.76 bits per heavy atom. The van der Waals surface area contributed by atoms with Crippen LogP contribution < -0.4 is 5.32 Å². The van der Waals surface area contributed by atoms with E-state index in [1.54, 1.807) is 25.1 Å². The fourth-order valence-corrected chi connectivity index (χ4v) is 5.45. The largest absolute Gasteiger partial charge is 0.449 e. The predicted octanol–water partition coefficient (Wildman–Crippen LogP) is 7.07. The maximum atomic E-state index is 14.5. The summed E-state index contributed by atoms with van der Waals surface area (Å²) < 4.78 is 20.2. The third-order valence-corrected chi connectivity index (χ3v) is 7.58. The van der Waals surface area contributed by atoms with Crippen LogP contribution in [0.4, 0.5) is 4.39 Å². The summed E-state index contributed by atoms with van der Waals surface area (Å²) in [5.41, 5.74) is 4.88. The first-order valence-corrected chi connectivity index (χ1v) is 13.5. The van der Waals surface area contributed by atoms with Crippen LogP contribution in [0.3, 0.4) is 0 Å². The molecule has 0 radical (unpaired) electrons. The molecule has 1 atom stereocenters. The minimum absolute atomic E-state index is 0.297. The van der Waals surface area contributed by atoms with Gasteiger partial charge < -0.3 is 10.1 Å². The van der Waals surface area contributed by atoms with E-state index in [4.69, 9.17) is 21.3 Å². The molecule has 0 saturated heterocycles. The van der Waals surface area contributed by atoms with Gasteiger partial charge in [-0.3, -0.25) is 4.79 Å². The van der Waals surface area contributed by atoms with E-state index in [1.807, 2.05) is 24.3 Å². The van der Waals surface area contributed by atoms with Crippen LogP contribution >= 0.6 is 11.6 Å². The van der Waals surface area contributed by atoms with Crippen molar-refractivity contribution in [3.05, 3.63) is 87.3 Å². The zero-order chi connectivity index (χ0) is 26.6. The maximum absolute atomic E-state index is 14.5. The molecule has 1 heterocycles. The molecule has 2 aliphatic rings. The molecule has 5 nitrogen and oxygen atoms in total. The van der Waals surface area contributed by atoms with Crippen LogP contribution in [0.15, 0.2) is 54.1 Å². The Labute approximate surface area is 226 Å². The average Bonchev–Trinajstić information content (AvgIpc) is 3.31. The Morgan fingerprint density at radius 2 is 1.97 bits per heavy atom. The molecular weight excluding hydrogens is 503 g/mol. The SMILES string of the molecule is C[C@H](OC(=O)c1c2c(nc3ccccc13)/C(=C/c1c(F)cccc1Cl)CC2)C(=O)NCCC1=CCCCC1. The first kappa shape index (κ1) is 26.1. The second-order valence-corrected chi connectivity index (χ2v) is 10.2. The van der Waals surface area contributed by atoms with Crippen molar-refractivity contribution in [2.45, 2.75) is 58.0 Å². The highest BCUT2D eigenvalue weighted by molar-refractivity contribution is 6.32. The van der Waals surface area contributed by atoms with Crippen molar-refractivity contribution in [3.8, 4) is 0 Å². The Kier molecular flexibility index (Phi) is 7.89. The van der Waals surface area contributed by atoms with E-state index in [0.29, 0.717) is 52.1 Å². The highest BCUT2D eigenvalue weighted by Gasteiger charge is 2.29. The molecule has 38 heavy (non-hydrogen) atoms. The number of benzene rings is 2. The Bertz CT molecular complexity index is 1440. The molecule has 5 rings (SSSR count). The molecule has 2 aromatic carbocycles. The van der Waals surface area contributed by atoms with Gasteiger partial charge in [0.15, 0.2) is 6.10 Å². The number of aromatic nitrogens is 1. The zero-order valence-electron chi connectivity index (χ0n) is 21.4. The molecule has 1 amide bonds. The minimum atomic E-state index is -0.945. The van der Waals surface area contributed by atoms with Crippen molar-refractivity contribution in [2.24, 2.45) is 0 Å². The van der Waals surface area contributed by atoms with Gasteiger partial charge >= 0.3 is 5.97 Å². The topological polar surface area (TPSA) is 68.3 Å². The van der Waals surface area contributed by atoms with E-state index in [2.05, 4.69) is 11.4 Å². The van der Waals surface area contributed by atoms with Gasteiger partial charge in [0.1, 0.15) is 5.82 Å². The van der Waals surface area contributed by atoms with Crippen LogP contribution in [0.25, 0.3) is 22.6 Å². The normalized spacial score (nSPS) is 16.7. The number of nitrogens with zero attached hydrogens (tertiary/aromatic N) is 1. The second kappa shape index (κ2) is 11.5. The molecule has 2 aliphatic carbocycles. The lowest BCUT2D eigenvalue weighted by atomic mass is 9.97. The van der Waals surface area contributed by atoms with E-state index >= 15 is 0 Å². The molecule has 0 unspecified atom stereocenters. The third kappa shape index (κ3) is 5.51. The molecule has 0 spiro atoms. The number of pyridine rings is 1. The van der Waals surface area contributed by atoms with Crippen LogP contribution in [0.1, 0.15) is 72.6 Å². The third-order valence-electron chi connectivity index (χ3n) is 7.25. The van der Waals surface area contributed by atoms with E-state index in [9.17, 15) is 14.0 Å². The van der Waals surface area contributed by atoms with Crippen molar-refractivity contribution in [1.29, 1.82) is 0 Å². The van der Waals surface area contributed by atoms with Gasteiger partial charge in [-0.2, -0.15) is 0 Å². The molecule has 0 aliphatic heterocycles. The highest BCUT2D eigenvalue weighted by atomic mass is 35.5. The van der Waals surface area contributed by atoms with Crippen LogP contribution in [-0.2, 0) is 16.0 Å². The molecule has 1 aromatic heterocycles. The number of hydrogen-bond acceptors (Lipinski definition) is 4. The summed E-state index contributed by atoms with van der Waals surface area (Å²) >= 11 is 6.26. The summed E-state index contributed by atoms with van der Waals surface area (Å²) in [5, 5.41) is 3.87. The van der Waals surface area contributed by atoms with E-state index < -0.39 is 17.9 Å². The zero-order valence-corrected chi connectivity index (χ0v) is 22.1. The number of allylic oxidation sites excluding steroid dienone is 2. The quantitative estimate of drug-likeness (QED) is 0.261. The van der Waals surface area contributed by atoms with Crippen LogP contribution in [0.2, 0.25) is 5.02 Å². The molecule has 3 aromatic rings. The fourth-order valence-electron chi connectivity index (χ4n) is 5.23. The lowest BCUT2D eigenvalue weighted by molar-refractivity contribution is -0.129. The smallest absolute Gasteiger partial charge is 0.339 e. The first-order valence-electron chi connectivity index (χ1n) is 13.2. The van der Waals surface area contributed by atoms with Gasteiger partial charge in [0.05, 0.1) is 21.8 Å².